The van der Waals surface area contributed by atoms with Gasteiger partial charge in [-0.1, -0.05) is 18.2 Å². The molecule has 1 fully saturated rings. The van der Waals surface area contributed by atoms with Gasteiger partial charge in [0, 0.05) is 30.8 Å². The smallest absolute Gasteiger partial charge is 0.0802 e. The second-order valence-electron chi connectivity index (χ2n) is 4.58. The Morgan fingerprint density at radius 2 is 2.06 bits per heavy atom. The van der Waals surface area contributed by atoms with E-state index >= 15 is 0 Å². The number of benzene rings is 1. The molecule has 0 atom stereocenters. The van der Waals surface area contributed by atoms with Crippen molar-refractivity contribution in [1.29, 1.82) is 0 Å². The Hall–Kier alpha value is -0.510. The van der Waals surface area contributed by atoms with Crippen molar-refractivity contribution in [2.45, 2.75) is 29.8 Å². The van der Waals surface area contributed by atoms with Crippen molar-refractivity contribution >= 4 is 11.8 Å². The fraction of sp³-hybridized carbons (Fsp3) is 0.571. The maximum atomic E-state index is 5.57. The van der Waals surface area contributed by atoms with Crippen LogP contribution in [-0.2, 0) is 4.74 Å². The Kier molecular flexibility index (Phi) is 4.89. The molecular weight excluding hydrogens is 230 g/mol. The van der Waals surface area contributed by atoms with Crippen LogP contribution in [0.4, 0.5) is 0 Å². The van der Waals surface area contributed by atoms with E-state index in [4.69, 9.17) is 4.74 Å². The Morgan fingerprint density at radius 3 is 2.65 bits per heavy atom. The van der Waals surface area contributed by atoms with Crippen LogP contribution in [0.25, 0.3) is 0 Å². The molecule has 94 valence electrons. The quantitative estimate of drug-likeness (QED) is 0.595. The number of ether oxygens (including phenoxy) is 1. The summed E-state index contributed by atoms with van der Waals surface area (Å²) in [7, 11) is 1.83. The monoisotopic (exact) mass is 251 g/mol. The second-order valence-corrected chi connectivity index (χ2v) is 5.75. The molecule has 3 heteroatoms. The van der Waals surface area contributed by atoms with Gasteiger partial charge in [-0.2, -0.15) is 0 Å². The van der Waals surface area contributed by atoms with Crippen LogP contribution < -0.4 is 5.32 Å². The van der Waals surface area contributed by atoms with Crippen LogP contribution in [0.5, 0.6) is 0 Å². The molecule has 0 bridgehead atoms. The highest BCUT2D eigenvalue weighted by atomic mass is 32.2. The van der Waals surface area contributed by atoms with Crippen molar-refractivity contribution in [1.82, 2.24) is 5.32 Å². The number of hydrogen-bond donors (Lipinski definition) is 1. The molecular formula is C14H21NOS. The summed E-state index contributed by atoms with van der Waals surface area (Å²) in [5, 5.41) is 3.50. The molecule has 1 saturated carbocycles. The average Bonchev–Trinajstić information content (AvgIpc) is 2.33. The molecule has 1 aromatic carbocycles. The molecule has 0 unspecified atom stereocenters. The summed E-state index contributed by atoms with van der Waals surface area (Å²) in [4.78, 5) is 1.35. The van der Waals surface area contributed by atoms with Gasteiger partial charge in [0.1, 0.15) is 0 Å². The summed E-state index contributed by atoms with van der Waals surface area (Å²) in [6.45, 7) is 2.05. The van der Waals surface area contributed by atoms with E-state index in [0.29, 0.717) is 0 Å². The van der Waals surface area contributed by atoms with Gasteiger partial charge in [0.15, 0.2) is 0 Å². The van der Waals surface area contributed by atoms with Gasteiger partial charge < -0.3 is 10.1 Å². The average molecular weight is 251 g/mol. The van der Waals surface area contributed by atoms with Crippen LogP contribution in [0.15, 0.2) is 35.2 Å². The van der Waals surface area contributed by atoms with E-state index in [1.165, 1.54) is 24.2 Å². The minimum atomic E-state index is 0.150. The van der Waals surface area contributed by atoms with Crippen LogP contribution in [-0.4, -0.2) is 31.6 Å². The van der Waals surface area contributed by atoms with Crippen molar-refractivity contribution in [3.63, 3.8) is 0 Å². The van der Waals surface area contributed by atoms with Gasteiger partial charge in [-0.25, -0.2) is 0 Å². The lowest BCUT2D eigenvalue weighted by Crippen LogP contribution is -2.48. The Labute approximate surface area is 108 Å². The van der Waals surface area contributed by atoms with Crippen molar-refractivity contribution in [3.8, 4) is 0 Å². The van der Waals surface area contributed by atoms with E-state index in [9.17, 15) is 0 Å². The summed E-state index contributed by atoms with van der Waals surface area (Å²) in [6.07, 6.45) is 3.74. The van der Waals surface area contributed by atoms with Gasteiger partial charge >= 0.3 is 0 Å². The maximum Gasteiger partial charge on any atom is 0.0802 e. The van der Waals surface area contributed by atoms with Gasteiger partial charge in [0.25, 0.3) is 0 Å². The lowest BCUT2D eigenvalue weighted by Gasteiger charge is -2.40. The van der Waals surface area contributed by atoms with Gasteiger partial charge in [-0.15, -0.1) is 11.8 Å². The van der Waals surface area contributed by atoms with Crippen LogP contribution in [0.1, 0.15) is 19.3 Å². The highest BCUT2D eigenvalue weighted by molar-refractivity contribution is 7.99. The highest BCUT2D eigenvalue weighted by Crippen LogP contribution is 2.34. The van der Waals surface area contributed by atoms with E-state index in [2.05, 4.69) is 35.6 Å². The number of nitrogens with one attached hydrogen (secondary N) is 1. The molecule has 0 heterocycles. The summed E-state index contributed by atoms with van der Waals surface area (Å²) in [6, 6.07) is 10.6. The van der Waals surface area contributed by atoms with Crippen LogP contribution >= 0.6 is 11.8 Å². The van der Waals surface area contributed by atoms with Gasteiger partial charge in [0.05, 0.1) is 5.60 Å². The fourth-order valence-corrected chi connectivity index (χ4v) is 2.93. The minimum Gasteiger partial charge on any atom is -0.377 e. The Bertz CT molecular complexity index is 319. The van der Waals surface area contributed by atoms with E-state index < -0.39 is 0 Å². The molecule has 2 nitrogen and oxygen atoms in total. The first-order valence-corrected chi connectivity index (χ1v) is 7.27. The van der Waals surface area contributed by atoms with Crippen LogP contribution in [0.2, 0.25) is 0 Å². The molecule has 1 N–H and O–H groups in total. The zero-order valence-corrected chi connectivity index (χ0v) is 11.3. The molecule has 0 spiro atoms. The molecule has 1 aromatic rings. The Morgan fingerprint density at radius 1 is 1.29 bits per heavy atom. The van der Waals surface area contributed by atoms with Crippen molar-refractivity contribution < 1.29 is 4.74 Å². The predicted octanol–water partition coefficient (Wildman–Crippen LogP) is 2.94. The van der Waals surface area contributed by atoms with E-state index in [0.717, 1.165) is 18.8 Å². The summed E-state index contributed by atoms with van der Waals surface area (Å²) >= 11 is 1.90. The molecule has 1 aliphatic carbocycles. The van der Waals surface area contributed by atoms with Crippen molar-refractivity contribution in [2.75, 3.05) is 26.0 Å². The number of hydrogen-bond acceptors (Lipinski definition) is 3. The fourth-order valence-electron chi connectivity index (χ4n) is 2.10. The first-order chi connectivity index (χ1) is 8.35. The van der Waals surface area contributed by atoms with Gasteiger partial charge in [-0.05, 0) is 31.4 Å². The predicted molar refractivity (Wildman–Crippen MR) is 73.6 cm³/mol. The standard InChI is InChI=1S/C14H21NOS/c1-16-14(8-5-9-14)12-15-10-11-17-13-6-3-2-4-7-13/h2-4,6-7,15H,5,8-12H2,1H3. The number of rotatable bonds is 7. The van der Waals surface area contributed by atoms with Gasteiger partial charge in [-0.3, -0.25) is 0 Å². The van der Waals surface area contributed by atoms with Crippen LogP contribution in [0, 0.1) is 0 Å². The normalized spacial score (nSPS) is 17.7. The molecule has 0 radical (unpaired) electrons. The van der Waals surface area contributed by atoms with Crippen molar-refractivity contribution in [2.24, 2.45) is 0 Å². The first-order valence-electron chi connectivity index (χ1n) is 6.28. The zero-order valence-electron chi connectivity index (χ0n) is 10.4. The maximum absolute atomic E-state index is 5.57. The van der Waals surface area contributed by atoms with Crippen LogP contribution in [0.3, 0.4) is 0 Å². The third-order valence-corrected chi connectivity index (χ3v) is 4.45. The number of thioether (sulfide) groups is 1. The highest BCUT2D eigenvalue weighted by Gasteiger charge is 2.36. The zero-order chi connectivity index (χ0) is 12.0. The summed E-state index contributed by atoms with van der Waals surface area (Å²) in [5.74, 6) is 1.11. The van der Waals surface area contributed by atoms with Gasteiger partial charge in [0.2, 0.25) is 0 Å². The van der Waals surface area contributed by atoms with E-state index in [1.54, 1.807) is 0 Å². The van der Waals surface area contributed by atoms with E-state index in [-0.39, 0.29) is 5.60 Å². The molecule has 0 aliphatic heterocycles. The molecule has 0 amide bonds. The number of methoxy groups -OCH3 is 1. The SMILES string of the molecule is COC1(CNCCSc2ccccc2)CCC1. The minimum absolute atomic E-state index is 0.150. The second kappa shape index (κ2) is 6.43. The summed E-state index contributed by atoms with van der Waals surface area (Å²) < 4.78 is 5.57. The van der Waals surface area contributed by atoms with E-state index in [1.807, 2.05) is 18.9 Å². The third kappa shape index (κ3) is 3.73. The Balaban J connectivity index is 1.58. The van der Waals surface area contributed by atoms with Crippen molar-refractivity contribution in [3.05, 3.63) is 30.3 Å². The topological polar surface area (TPSA) is 21.3 Å². The molecule has 2 rings (SSSR count). The molecule has 0 saturated heterocycles. The molecule has 0 aromatic heterocycles. The largest absolute Gasteiger partial charge is 0.377 e. The summed E-state index contributed by atoms with van der Waals surface area (Å²) in [5.41, 5.74) is 0.150. The lowest BCUT2D eigenvalue weighted by molar-refractivity contribution is -0.0689. The molecule has 17 heavy (non-hydrogen) atoms. The first kappa shape index (κ1) is 12.9. The third-order valence-electron chi connectivity index (χ3n) is 3.44. The lowest BCUT2D eigenvalue weighted by atomic mass is 9.80. The molecule has 1 aliphatic rings.